The molecule has 0 unspecified atom stereocenters. The molecule has 0 atom stereocenters. The van der Waals surface area contributed by atoms with Gasteiger partial charge in [0.25, 0.3) is 0 Å². The Kier molecular flexibility index (Phi) is 5.76. The van der Waals surface area contributed by atoms with Gasteiger partial charge >= 0.3 is 12.1 Å². The molecule has 0 aromatic heterocycles. The first kappa shape index (κ1) is 18.2. The van der Waals surface area contributed by atoms with Crippen LogP contribution in [0.1, 0.15) is 31.2 Å². The minimum absolute atomic E-state index is 0.129. The van der Waals surface area contributed by atoms with Gasteiger partial charge in [0, 0.05) is 19.2 Å². The minimum Gasteiger partial charge on any atom is -0.466 e. The van der Waals surface area contributed by atoms with Gasteiger partial charge in [-0.2, -0.15) is 0 Å². The Morgan fingerprint density at radius 3 is 2.50 bits per heavy atom. The minimum atomic E-state index is -0.309. The second kappa shape index (κ2) is 8.21. The summed E-state index contributed by atoms with van der Waals surface area (Å²) < 4.78 is 10.1. The quantitative estimate of drug-likeness (QED) is 0.610. The van der Waals surface area contributed by atoms with Crippen LogP contribution in [-0.2, 0) is 20.9 Å². The maximum absolute atomic E-state index is 12.3. The number of piperidine rings is 1. The normalized spacial score (nSPS) is 20.2. The van der Waals surface area contributed by atoms with Crippen molar-refractivity contribution in [2.75, 3.05) is 20.2 Å². The van der Waals surface area contributed by atoms with E-state index in [2.05, 4.69) is 10.8 Å². The number of nitrogens with zero attached hydrogens (tertiary/aromatic N) is 1. The average Bonchev–Trinajstić information content (AvgIpc) is 2.69. The number of rotatable bonds is 3. The summed E-state index contributed by atoms with van der Waals surface area (Å²) in [4.78, 5) is 25.4. The van der Waals surface area contributed by atoms with Gasteiger partial charge in [0.1, 0.15) is 6.61 Å². The van der Waals surface area contributed by atoms with Crippen molar-refractivity contribution >= 4 is 12.1 Å². The molecule has 1 heterocycles. The number of likely N-dealkylation sites (tertiary alicyclic amines) is 1. The summed E-state index contributed by atoms with van der Waals surface area (Å²) in [6.45, 7) is 1.71. The molecule has 138 valence electrons. The predicted octanol–water partition coefficient (Wildman–Crippen LogP) is 3.85. The first-order valence-corrected chi connectivity index (χ1v) is 9.04. The van der Waals surface area contributed by atoms with Crippen molar-refractivity contribution < 1.29 is 19.1 Å². The lowest BCUT2D eigenvalue weighted by Gasteiger charge is -2.41. The molecule has 1 fully saturated rings. The van der Waals surface area contributed by atoms with Gasteiger partial charge in [0.05, 0.1) is 7.11 Å². The fraction of sp³-hybridized carbons (Fsp3) is 0.429. The van der Waals surface area contributed by atoms with Crippen LogP contribution in [0.15, 0.2) is 54.1 Å². The summed E-state index contributed by atoms with van der Waals surface area (Å²) >= 11 is 0. The molecular weight excluding hydrogens is 330 g/mol. The van der Waals surface area contributed by atoms with Crippen molar-refractivity contribution in [1.82, 2.24) is 4.90 Å². The van der Waals surface area contributed by atoms with Crippen molar-refractivity contribution in [2.45, 2.75) is 32.3 Å². The van der Waals surface area contributed by atoms with Crippen molar-refractivity contribution in [3.05, 3.63) is 59.7 Å². The topological polar surface area (TPSA) is 55.8 Å². The largest absolute Gasteiger partial charge is 0.466 e. The van der Waals surface area contributed by atoms with E-state index in [0.29, 0.717) is 19.7 Å². The molecule has 1 saturated heterocycles. The summed E-state index contributed by atoms with van der Waals surface area (Å²) in [5.74, 6) is -0.309. The molecule has 0 radical (unpaired) electrons. The Morgan fingerprint density at radius 1 is 1.15 bits per heavy atom. The highest BCUT2D eigenvalue weighted by atomic mass is 16.6. The lowest BCUT2D eigenvalue weighted by molar-refractivity contribution is -0.134. The van der Waals surface area contributed by atoms with E-state index in [9.17, 15) is 9.59 Å². The zero-order chi connectivity index (χ0) is 18.4. The molecule has 1 aliphatic heterocycles. The first-order chi connectivity index (χ1) is 12.6. The van der Waals surface area contributed by atoms with Crippen LogP contribution in [0.5, 0.6) is 0 Å². The number of allylic oxidation sites excluding steroid dienone is 3. The SMILES string of the molecule is COC(=O)/C=C1\C=CC2(CC1)CCN(C(=O)OCc1ccccc1)CC2. The molecule has 3 rings (SSSR count). The monoisotopic (exact) mass is 355 g/mol. The van der Waals surface area contributed by atoms with Crippen molar-refractivity contribution in [3.63, 3.8) is 0 Å². The molecule has 0 N–H and O–H groups in total. The van der Waals surface area contributed by atoms with E-state index in [4.69, 9.17) is 4.74 Å². The number of carbonyl (C=O) groups excluding carboxylic acids is 2. The number of amides is 1. The van der Waals surface area contributed by atoms with E-state index < -0.39 is 0 Å². The van der Waals surface area contributed by atoms with Crippen LogP contribution < -0.4 is 0 Å². The standard InChI is InChI=1S/C21H25NO4/c1-25-19(23)15-17-7-9-21(10-8-17)11-13-22(14-12-21)20(24)26-16-18-5-3-2-4-6-18/h2-7,9,15H,8,10-14,16H2,1H3/b17-15+. The van der Waals surface area contributed by atoms with E-state index >= 15 is 0 Å². The molecule has 0 saturated carbocycles. The highest BCUT2D eigenvalue weighted by Gasteiger charge is 2.35. The Balaban J connectivity index is 1.50. The van der Waals surface area contributed by atoms with Crippen molar-refractivity contribution in [3.8, 4) is 0 Å². The molecular formula is C21H25NO4. The number of hydrogen-bond donors (Lipinski definition) is 0. The zero-order valence-electron chi connectivity index (χ0n) is 15.1. The van der Waals surface area contributed by atoms with Gasteiger partial charge < -0.3 is 14.4 Å². The van der Waals surface area contributed by atoms with Gasteiger partial charge in [0.15, 0.2) is 0 Å². The van der Waals surface area contributed by atoms with Crippen LogP contribution in [0.25, 0.3) is 0 Å². The highest BCUT2D eigenvalue weighted by molar-refractivity contribution is 5.83. The fourth-order valence-electron chi connectivity index (χ4n) is 3.54. The third-order valence-corrected chi connectivity index (χ3v) is 5.29. The molecule has 1 aromatic rings. The molecule has 2 aliphatic rings. The van der Waals surface area contributed by atoms with Crippen LogP contribution in [0.4, 0.5) is 4.79 Å². The third kappa shape index (κ3) is 4.54. The molecule has 1 aromatic carbocycles. The fourth-order valence-corrected chi connectivity index (χ4v) is 3.54. The highest BCUT2D eigenvalue weighted by Crippen LogP contribution is 2.42. The smallest absolute Gasteiger partial charge is 0.410 e. The number of hydrogen-bond acceptors (Lipinski definition) is 4. The predicted molar refractivity (Wildman–Crippen MR) is 98.3 cm³/mol. The lowest BCUT2D eigenvalue weighted by Crippen LogP contribution is -2.43. The van der Waals surface area contributed by atoms with Crippen LogP contribution in [0, 0.1) is 5.41 Å². The third-order valence-electron chi connectivity index (χ3n) is 5.29. The lowest BCUT2D eigenvalue weighted by atomic mass is 9.71. The molecule has 26 heavy (non-hydrogen) atoms. The Bertz CT molecular complexity index is 700. The number of benzene rings is 1. The first-order valence-electron chi connectivity index (χ1n) is 9.04. The zero-order valence-corrected chi connectivity index (χ0v) is 15.1. The Hall–Kier alpha value is -2.56. The second-order valence-corrected chi connectivity index (χ2v) is 6.97. The van der Waals surface area contributed by atoms with Gasteiger partial charge in [0.2, 0.25) is 0 Å². The molecule has 1 spiro atoms. The van der Waals surface area contributed by atoms with Crippen molar-refractivity contribution in [1.29, 1.82) is 0 Å². The second-order valence-electron chi connectivity index (χ2n) is 6.97. The molecule has 0 bridgehead atoms. The van der Waals surface area contributed by atoms with E-state index in [-0.39, 0.29) is 17.5 Å². The molecule has 1 amide bonds. The van der Waals surface area contributed by atoms with E-state index in [0.717, 1.165) is 36.8 Å². The molecule has 5 nitrogen and oxygen atoms in total. The van der Waals surface area contributed by atoms with E-state index in [1.165, 1.54) is 7.11 Å². The van der Waals surface area contributed by atoms with Gasteiger partial charge in [-0.05, 0) is 42.2 Å². The van der Waals surface area contributed by atoms with Crippen molar-refractivity contribution in [2.24, 2.45) is 5.41 Å². The summed E-state index contributed by atoms with van der Waals surface area (Å²) in [5.41, 5.74) is 2.13. The van der Waals surface area contributed by atoms with Crippen LogP contribution in [-0.4, -0.2) is 37.2 Å². The number of carbonyl (C=O) groups is 2. The van der Waals surface area contributed by atoms with Gasteiger partial charge in [-0.1, -0.05) is 42.5 Å². The number of esters is 1. The Morgan fingerprint density at radius 2 is 1.88 bits per heavy atom. The summed E-state index contributed by atoms with van der Waals surface area (Å²) in [7, 11) is 1.39. The van der Waals surface area contributed by atoms with Crippen LogP contribution in [0.2, 0.25) is 0 Å². The van der Waals surface area contributed by atoms with Gasteiger partial charge in [-0.25, -0.2) is 9.59 Å². The summed E-state index contributed by atoms with van der Waals surface area (Å²) in [5, 5.41) is 0. The van der Waals surface area contributed by atoms with Crippen LogP contribution >= 0.6 is 0 Å². The summed E-state index contributed by atoms with van der Waals surface area (Å²) in [6, 6.07) is 9.71. The van der Waals surface area contributed by atoms with Gasteiger partial charge in [-0.3, -0.25) is 0 Å². The van der Waals surface area contributed by atoms with Crippen LogP contribution in [0.3, 0.4) is 0 Å². The number of ether oxygens (including phenoxy) is 2. The summed E-state index contributed by atoms with van der Waals surface area (Å²) in [6.07, 6.45) is 9.27. The molecule has 5 heteroatoms. The van der Waals surface area contributed by atoms with E-state index in [1.807, 2.05) is 36.4 Å². The average molecular weight is 355 g/mol. The Labute approximate surface area is 154 Å². The number of methoxy groups -OCH3 is 1. The van der Waals surface area contributed by atoms with Gasteiger partial charge in [-0.15, -0.1) is 0 Å². The maximum atomic E-state index is 12.3. The maximum Gasteiger partial charge on any atom is 0.410 e. The molecule has 1 aliphatic carbocycles. The van der Waals surface area contributed by atoms with E-state index in [1.54, 1.807) is 11.0 Å².